The molecule has 1 spiro atoms. The van der Waals surface area contributed by atoms with Crippen LogP contribution in [0.4, 0.5) is 0 Å². The third kappa shape index (κ3) is 2.44. The molecule has 2 aliphatic heterocycles. The molecule has 1 N–H and O–H groups in total. The number of morpholine rings is 1. The van der Waals surface area contributed by atoms with Crippen LogP contribution in [0.25, 0.3) is 0 Å². The van der Waals surface area contributed by atoms with E-state index < -0.39 is 0 Å². The molecule has 3 rings (SSSR count). The monoisotopic (exact) mass is 255 g/mol. The maximum atomic E-state index is 9.50. The fraction of sp³-hybridized carbons (Fsp3) is 1.00. The van der Waals surface area contributed by atoms with Crippen molar-refractivity contribution in [3.8, 4) is 0 Å². The summed E-state index contributed by atoms with van der Waals surface area (Å²) in [7, 11) is 0. The first-order valence-electron chi connectivity index (χ1n) is 7.41. The standard InChI is InChI=1S/C14H25NO3/c16-10-13-11-17-8-6-15(13)12-3-7-18-14(9-12)4-1-2-5-14/h12-13,16H,1-11H2. The normalized spacial score (nSPS) is 37.2. The summed E-state index contributed by atoms with van der Waals surface area (Å²) in [4.78, 5) is 2.48. The van der Waals surface area contributed by atoms with Crippen LogP contribution >= 0.6 is 0 Å². The summed E-state index contributed by atoms with van der Waals surface area (Å²) < 4.78 is 11.6. The van der Waals surface area contributed by atoms with Crippen LogP contribution in [0.2, 0.25) is 0 Å². The summed E-state index contributed by atoms with van der Waals surface area (Å²) in [5.74, 6) is 0. The first-order valence-corrected chi connectivity index (χ1v) is 7.41. The van der Waals surface area contributed by atoms with Gasteiger partial charge < -0.3 is 14.6 Å². The molecule has 1 saturated carbocycles. The highest BCUT2D eigenvalue weighted by molar-refractivity contribution is 4.95. The molecule has 2 heterocycles. The van der Waals surface area contributed by atoms with Gasteiger partial charge in [-0.25, -0.2) is 0 Å². The molecule has 3 fully saturated rings. The zero-order chi connectivity index (χ0) is 12.4. The highest BCUT2D eigenvalue weighted by Gasteiger charge is 2.42. The molecule has 0 aromatic heterocycles. The zero-order valence-corrected chi connectivity index (χ0v) is 11.1. The number of aliphatic hydroxyl groups is 1. The van der Waals surface area contributed by atoms with Gasteiger partial charge in [-0.15, -0.1) is 0 Å². The highest BCUT2D eigenvalue weighted by atomic mass is 16.5. The molecule has 18 heavy (non-hydrogen) atoms. The van der Waals surface area contributed by atoms with Gasteiger partial charge in [0.05, 0.1) is 31.5 Å². The summed E-state index contributed by atoms with van der Waals surface area (Å²) in [6, 6.07) is 0.776. The van der Waals surface area contributed by atoms with Gasteiger partial charge in [0.1, 0.15) is 0 Å². The zero-order valence-electron chi connectivity index (χ0n) is 11.1. The van der Waals surface area contributed by atoms with Crippen molar-refractivity contribution in [1.29, 1.82) is 0 Å². The summed E-state index contributed by atoms with van der Waals surface area (Å²) in [5, 5.41) is 9.50. The highest BCUT2D eigenvalue weighted by Crippen LogP contribution is 2.41. The van der Waals surface area contributed by atoms with E-state index >= 15 is 0 Å². The van der Waals surface area contributed by atoms with Gasteiger partial charge in [-0.05, 0) is 25.7 Å². The molecule has 4 heteroatoms. The van der Waals surface area contributed by atoms with Crippen molar-refractivity contribution in [2.45, 2.75) is 56.2 Å². The Hall–Kier alpha value is -0.160. The number of ether oxygens (including phenoxy) is 2. The first kappa shape index (κ1) is 12.9. The predicted octanol–water partition coefficient (Wildman–Crippen LogP) is 1.17. The van der Waals surface area contributed by atoms with Crippen LogP contribution < -0.4 is 0 Å². The second-order valence-corrected chi connectivity index (χ2v) is 6.03. The largest absolute Gasteiger partial charge is 0.395 e. The van der Waals surface area contributed by atoms with Gasteiger partial charge >= 0.3 is 0 Å². The molecular weight excluding hydrogens is 230 g/mol. The van der Waals surface area contributed by atoms with Crippen LogP contribution in [0, 0.1) is 0 Å². The number of rotatable bonds is 2. The molecule has 0 aromatic rings. The Labute approximate surface area is 109 Å². The molecule has 4 nitrogen and oxygen atoms in total. The second kappa shape index (κ2) is 5.45. The number of hydrogen-bond acceptors (Lipinski definition) is 4. The number of aliphatic hydroxyl groups excluding tert-OH is 1. The minimum Gasteiger partial charge on any atom is -0.395 e. The third-order valence-corrected chi connectivity index (χ3v) is 4.93. The first-order chi connectivity index (χ1) is 8.83. The molecule has 0 radical (unpaired) electrons. The molecule has 0 aromatic carbocycles. The van der Waals surface area contributed by atoms with E-state index in [9.17, 15) is 5.11 Å². The van der Waals surface area contributed by atoms with E-state index in [2.05, 4.69) is 4.90 Å². The molecule has 3 aliphatic rings. The van der Waals surface area contributed by atoms with Gasteiger partial charge in [0.15, 0.2) is 0 Å². The summed E-state index contributed by atoms with van der Waals surface area (Å²) in [6.45, 7) is 3.55. The Kier molecular flexibility index (Phi) is 3.89. The lowest BCUT2D eigenvalue weighted by Crippen LogP contribution is -2.56. The van der Waals surface area contributed by atoms with Crippen molar-refractivity contribution in [2.24, 2.45) is 0 Å². The van der Waals surface area contributed by atoms with E-state index in [1.807, 2.05) is 0 Å². The Morgan fingerprint density at radius 2 is 2.06 bits per heavy atom. The Balaban J connectivity index is 1.67. The SMILES string of the molecule is OCC1COCCN1C1CCOC2(CCCC2)C1. The molecule has 1 aliphatic carbocycles. The molecule has 104 valence electrons. The smallest absolute Gasteiger partial charge is 0.0697 e. The van der Waals surface area contributed by atoms with Gasteiger partial charge in [0.2, 0.25) is 0 Å². The molecule has 2 atom stereocenters. The third-order valence-electron chi connectivity index (χ3n) is 4.93. The number of nitrogens with zero attached hydrogens (tertiary/aromatic N) is 1. The molecule has 0 amide bonds. The van der Waals surface area contributed by atoms with Crippen molar-refractivity contribution >= 4 is 0 Å². The van der Waals surface area contributed by atoms with E-state index in [1.54, 1.807) is 0 Å². The van der Waals surface area contributed by atoms with Crippen molar-refractivity contribution in [1.82, 2.24) is 4.90 Å². The molecule has 2 saturated heterocycles. The fourth-order valence-electron chi connectivity index (χ4n) is 3.96. The number of hydrogen-bond donors (Lipinski definition) is 1. The van der Waals surface area contributed by atoms with Crippen LogP contribution in [0.5, 0.6) is 0 Å². The van der Waals surface area contributed by atoms with Gasteiger partial charge in [-0.3, -0.25) is 4.90 Å². The van der Waals surface area contributed by atoms with Crippen LogP contribution in [0.1, 0.15) is 38.5 Å². The van der Waals surface area contributed by atoms with Gasteiger partial charge in [-0.2, -0.15) is 0 Å². The van der Waals surface area contributed by atoms with Crippen LogP contribution in [-0.4, -0.2) is 60.7 Å². The van der Waals surface area contributed by atoms with Gasteiger partial charge in [-0.1, -0.05) is 12.8 Å². The maximum absolute atomic E-state index is 9.50. The maximum Gasteiger partial charge on any atom is 0.0697 e. The average molecular weight is 255 g/mol. The topological polar surface area (TPSA) is 41.9 Å². The summed E-state index contributed by atoms with van der Waals surface area (Å²) in [6.07, 6.45) is 7.37. The van der Waals surface area contributed by atoms with E-state index in [0.29, 0.717) is 12.6 Å². The average Bonchev–Trinajstić information content (AvgIpc) is 2.86. The van der Waals surface area contributed by atoms with E-state index in [1.165, 1.54) is 25.7 Å². The minimum absolute atomic E-state index is 0.168. The van der Waals surface area contributed by atoms with E-state index in [-0.39, 0.29) is 18.2 Å². The quantitative estimate of drug-likeness (QED) is 0.804. The Bertz CT molecular complexity index is 278. The van der Waals surface area contributed by atoms with Crippen LogP contribution in [0.3, 0.4) is 0 Å². The molecular formula is C14H25NO3. The lowest BCUT2D eigenvalue weighted by atomic mass is 9.87. The fourth-order valence-corrected chi connectivity index (χ4v) is 3.96. The second-order valence-electron chi connectivity index (χ2n) is 6.03. The molecule has 0 bridgehead atoms. The van der Waals surface area contributed by atoms with Gasteiger partial charge in [0, 0.05) is 19.2 Å². The Morgan fingerprint density at radius 3 is 2.83 bits per heavy atom. The molecule has 2 unspecified atom stereocenters. The van der Waals surface area contributed by atoms with Crippen molar-refractivity contribution in [3.63, 3.8) is 0 Å². The van der Waals surface area contributed by atoms with Crippen molar-refractivity contribution < 1.29 is 14.6 Å². The minimum atomic E-state index is 0.168. The van der Waals surface area contributed by atoms with Crippen LogP contribution in [-0.2, 0) is 9.47 Å². The van der Waals surface area contributed by atoms with Crippen molar-refractivity contribution in [3.05, 3.63) is 0 Å². The lowest BCUT2D eigenvalue weighted by molar-refractivity contribution is -0.127. The Morgan fingerprint density at radius 1 is 1.22 bits per heavy atom. The summed E-state index contributed by atoms with van der Waals surface area (Å²) in [5.41, 5.74) is 0.168. The van der Waals surface area contributed by atoms with E-state index in [0.717, 1.165) is 32.6 Å². The van der Waals surface area contributed by atoms with Crippen LogP contribution in [0.15, 0.2) is 0 Å². The lowest BCUT2D eigenvalue weighted by Gasteiger charge is -2.46. The van der Waals surface area contributed by atoms with Gasteiger partial charge in [0.25, 0.3) is 0 Å². The van der Waals surface area contributed by atoms with Crippen molar-refractivity contribution in [2.75, 3.05) is 33.0 Å². The predicted molar refractivity (Wildman–Crippen MR) is 68.6 cm³/mol. The summed E-state index contributed by atoms with van der Waals surface area (Å²) >= 11 is 0. The van der Waals surface area contributed by atoms with E-state index in [4.69, 9.17) is 9.47 Å².